The molecule has 2 aliphatic rings. The molecular formula is C21H32N4O2. The van der Waals surface area contributed by atoms with Crippen LogP contribution in [-0.2, 0) is 4.79 Å². The molecule has 148 valence electrons. The van der Waals surface area contributed by atoms with Crippen molar-refractivity contribution in [1.82, 2.24) is 16.0 Å². The van der Waals surface area contributed by atoms with Gasteiger partial charge in [-0.15, -0.1) is 0 Å². The number of nitrogens with zero attached hydrogens (tertiary/aromatic N) is 1. The quantitative estimate of drug-likeness (QED) is 0.614. The summed E-state index contributed by atoms with van der Waals surface area (Å²) in [6, 6.07) is 7.87. The number of benzene rings is 1. The first-order valence-electron chi connectivity index (χ1n) is 10.1. The summed E-state index contributed by atoms with van der Waals surface area (Å²) < 4.78 is 5.45. The minimum absolute atomic E-state index is 0.0100. The van der Waals surface area contributed by atoms with Gasteiger partial charge in [0.1, 0.15) is 5.75 Å². The fraction of sp³-hybridized carbons (Fsp3) is 0.619. The van der Waals surface area contributed by atoms with Crippen molar-refractivity contribution in [2.45, 2.75) is 52.0 Å². The molecular weight excluding hydrogens is 340 g/mol. The van der Waals surface area contributed by atoms with Crippen LogP contribution in [-0.4, -0.2) is 38.1 Å². The SMILES string of the molecule is CCOc1ccc(C(C)NC(=O)CCCNC2=NCC3(CCC3)CN2)cc1. The normalized spacial score (nSPS) is 18.7. The highest BCUT2D eigenvalue weighted by molar-refractivity contribution is 5.80. The lowest BCUT2D eigenvalue weighted by atomic mass is 9.68. The summed E-state index contributed by atoms with van der Waals surface area (Å²) in [4.78, 5) is 16.8. The molecule has 27 heavy (non-hydrogen) atoms. The van der Waals surface area contributed by atoms with Gasteiger partial charge < -0.3 is 20.7 Å². The molecule has 6 nitrogen and oxygen atoms in total. The zero-order valence-electron chi connectivity index (χ0n) is 16.5. The second-order valence-corrected chi connectivity index (χ2v) is 7.69. The molecule has 1 amide bonds. The Morgan fingerprint density at radius 3 is 2.70 bits per heavy atom. The molecule has 1 aliphatic heterocycles. The van der Waals surface area contributed by atoms with Crippen molar-refractivity contribution in [2.75, 3.05) is 26.2 Å². The van der Waals surface area contributed by atoms with Gasteiger partial charge in [0.05, 0.1) is 19.2 Å². The molecule has 1 atom stereocenters. The van der Waals surface area contributed by atoms with Crippen molar-refractivity contribution in [1.29, 1.82) is 0 Å². The summed E-state index contributed by atoms with van der Waals surface area (Å²) in [7, 11) is 0. The predicted octanol–water partition coefficient (Wildman–Crippen LogP) is 2.76. The van der Waals surface area contributed by atoms with Crippen LogP contribution in [0.2, 0.25) is 0 Å². The number of rotatable bonds is 8. The Balaban J connectivity index is 1.32. The number of amides is 1. The Morgan fingerprint density at radius 1 is 1.33 bits per heavy atom. The van der Waals surface area contributed by atoms with E-state index in [4.69, 9.17) is 4.74 Å². The van der Waals surface area contributed by atoms with Crippen molar-refractivity contribution in [3.05, 3.63) is 29.8 Å². The molecule has 0 bridgehead atoms. The minimum atomic E-state index is -0.0100. The number of carbonyl (C=O) groups excluding carboxylic acids is 1. The molecule has 1 aromatic carbocycles. The number of ether oxygens (including phenoxy) is 1. The summed E-state index contributed by atoms with van der Waals surface area (Å²) >= 11 is 0. The average molecular weight is 373 g/mol. The summed E-state index contributed by atoms with van der Waals surface area (Å²) in [5, 5.41) is 9.77. The van der Waals surface area contributed by atoms with E-state index in [1.807, 2.05) is 38.1 Å². The van der Waals surface area contributed by atoms with Gasteiger partial charge in [-0.3, -0.25) is 9.79 Å². The monoisotopic (exact) mass is 372 g/mol. The largest absolute Gasteiger partial charge is 0.494 e. The highest BCUT2D eigenvalue weighted by atomic mass is 16.5. The number of hydrogen-bond donors (Lipinski definition) is 3. The first kappa shape index (κ1) is 19.5. The average Bonchev–Trinajstić information content (AvgIpc) is 2.65. The van der Waals surface area contributed by atoms with Gasteiger partial charge in [0, 0.05) is 24.9 Å². The maximum Gasteiger partial charge on any atom is 0.220 e. The van der Waals surface area contributed by atoms with E-state index >= 15 is 0 Å². The van der Waals surface area contributed by atoms with E-state index in [1.165, 1.54) is 19.3 Å². The zero-order valence-corrected chi connectivity index (χ0v) is 16.5. The minimum Gasteiger partial charge on any atom is -0.494 e. The van der Waals surface area contributed by atoms with E-state index in [9.17, 15) is 4.79 Å². The van der Waals surface area contributed by atoms with Crippen LogP contribution in [0.4, 0.5) is 0 Å². The fourth-order valence-corrected chi connectivity index (χ4v) is 3.63. The van der Waals surface area contributed by atoms with E-state index < -0.39 is 0 Å². The first-order valence-corrected chi connectivity index (χ1v) is 10.1. The number of nitrogens with one attached hydrogen (secondary N) is 3. The molecule has 1 heterocycles. The lowest BCUT2D eigenvalue weighted by Crippen LogP contribution is -2.52. The summed E-state index contributed by atoms with van der Waals surface area (Å²) in [5.74, 6) is 1.81. The smallest absolute Gasteiger partial charge is 0.220 e. The Morgan fingerprint density at radius 2 is 2.11 bits per heavy atom. The zero-order chi connectivity index (χ0) is 19.1. The molecule has 0 saturated heterocycles. The third-order valence-electron chi connectivity index (χ3n) is 5.56. The van der Waals surface area contributed by atoms with Crippen LogP contribution in [0.5, 0.6) is 5.75 Å². The lowest BCUT2D eigenvalue weighted by Gasteiger charge is -2.43. The number of guanidine groups is 1. The Kier molecular flexibility index (Phi) is 6.58. The summed E-state index contributed by atoms with van der Waals surface area (Å²) in [5.41, 5.74) is 1.51. The molecule has 1 aromatic rings. The van der Waals surface area contributed by atoms with Gasteiger partial charge in [-0.25, -0.2) is 0 Å². The van der Waals surface area contributed by atoms with E-state index in [1.54, 1.807) is 0 Å². The van der Waals surface area contributed by atoms with Gasteiger partial charge in [-0.2, -0.15) is 0 Å². The van der Waals surface area contributed by atoms with Crippen LogP contribution >= 0.6 is 0 Å². The molecule has 1 aliphatic carbocycles. The van der Waals surface area contributed by atoms with Crippen molar-refractivity contribution < 1.29 is 9.53 Å². The molecule has 0 aromatic heterocycles. The molecule has 1 fully saturated rings. The molecule has 1 saturated carbocycles. The Hall–Kier alpha value is -2.24. The number of aliphatic imine (C=N–C) groups is 1. The Labute approximate surface area is 162 Å². The highest BCUT2D eigenvalue weighted by Gasteiger charge is 2.38. The Bertz CT molecular complexity index is 653. The van der Waals surface area contributed by atoms with Gasteiger partial charge in [-0.05, 0) is 50.8 Å². The number of hydrogen-bond acceptors (Lipinski definition) is 5. The van der Waals surface area contributed by atoms with Crippen LogP contribution in [0.25, 0.3) is 0 Å². The van der Waals surface area contributed by atoms with Crippen LogP contribution in [0.15, 0.2) is 29.3 Å². The van der Waals surface area contributed by atoms with E-state index in [0.717, 1.165) is 43.3 Å². The van der Waals surface area contributed by atoms with Crippen molar-refractivity contribution in [3.8, 4) is 5.75 Å². The molecule has 3 N–H and O–H groups in total. The molecule has 3 rings (SSSR count). The van der Waals surface area contributed by atoms with E-state index in [2.05, 4.69) is 20.9 Å². The van der Waals surface area contributed by atoms with Gasteiger partial charge in [-0.1, -0.05) is 18.6 Å². The summed E-state index contributed by atoms with van der Waals surface area (Å²) in [6.07, 6.45) is 5.22. The van der Waals surface area contributed by atoms with Crippen LogP contribution < -0.4 is 20.7 Å². The van der Waals surface area contributed by atoms with Crippen LogP contribution in [0.3, 0.4) is 0 Å². The van der Waals surface area contributed by atoms with Crippen molar-refractivity contribution >= 4 is 11.9 Å². The van der Waals surface area contributed by atoms with E-state index in [-0.39, 0.29) is 11.9 Å². The second-order valence-electron chi connectivity index (χ2n) is 7.69. The molecule has 0 radical (unpaired) electrons. The third-order valence-corrected chi connectivity index (χ3v) is 5.56. The van der Waals surface area contributed by atoms with Crippen molar-refractivity contribution in [2.24, 2.45) is 10.4 Å². The predicted molar refractivity (Wildman–Crippen MR) is 108 cm³/mol. The third kappa shape index (κ3) is 5.37. The van der Waals surface area contributed by atoms with E-state index in [0.29, 0.717) is 18.4 Å². The maximum atomic E-state index is 12.2. The first-order chi connectivity index (χ1) is 13.1. The lowest BCUT2D eigenvalue weighted by molar-refractivity contribution is -0.121. The maximum absolute atomic E-state index is 12.2. The van der Waals surface area contributed by atoms with Crippen LogP contribution in [0, 0.1) is 5.41 Å². The molecule has 6 heteroatoms. The van der Waals surface area contributed by atoms with Gasteiger partial charge in [0.2, 0.25) is 5.91 Å². The van der Waals surface area contributed by atoms with Gasteiger partial charge >= 0.3 is 0 Å². The molecule has 1 unspecified atom stereocenters. The standard InChI is InChI=1S/C21H32N4O2/c1-3-27-18-9-7-17(8-10-18)16(2)25-19(26)6-4-13-22-20-23-14-21(15-24-20)11-5-12-21/h7-10,16H,3-6,11-15H2,1-2H3,(H,25,26)(H2,22,23,24). The molecule has 1 spiro atoms. The summed E-state index contributed by atoms with van der Waals surface area (Å²) in [6.45, 7) is 7.34. The van der Waals surface area contributed by atoms with Crippen LogP contribution in [0.1, 0.15) is 57.6 Å². The van der Waals surface area contributed by atoms with Crippen molar-refractivity contribution in [3.63, 3.8) is 0 Å². The highest BCUT2D eigenvalue weighted by Crippen LogP contribution is 2.41. The fourth-order valence-electron chi connectivity index (χ4n) is 3.63. The second kappa shape index (κ2) is 9.11. The number of carbonyl (C=O) groups is 1. The topological polar surface area (TPSA) is 74.8 Å². The van der Waals surface area contributed by atoms with Gasteiger partial charge in [0.15, 0.2) is 5.96 Å². The van der Waals surface area contributed by atoms with Gasteiger partial charge in [0.25, 0.3) is 0 Å².